The molecule has 0 aliphatic heterocycles. The number of carboxylic acids is 1. The first-order chi connectivity index (χ1) is 11.1. The van der Waals surface area contributed by atoms with Gasteiger partial charge in [0.15, 0.2) is 0 Å². The fourth-order valence-corrected chi connectivity index (χ4v) is 2.21. The number of rotatable bonds is 7. The summed E-state index contributed by atoms with van der Waals surface area (Å²) in [6.45, 7) is 4.89. The molecule has 0 aliphatic rings. The quantitative estimate of drug-likeness (QED) is 0.623. The molecule has 0 saturated heterocycles. The Kier molecular flexibility index (Phi) is 5.80. The van der Waals surface area contributed by atoms with Crippen LogP contribution in [0.25, 0.3) is 6.08 Å². The lowest BCUT2D eigenvalue weighted by molar-refractivity contribution is -0.131. The summed E-state index contributed by atoms with van der Waals surface area (Å²) < 4.78 is 11.4. The van der Waals surface area contributed by atoms with Crippen molar-refractivity contribution in [3.8, 4) is 11.5 Å². The third kappa shape index (κ3) is 5.18. The molecule has 0 unspecified atom stereocenters. The number of benzene rings is 2. The number of aryl methyl sites for hydroxylation is 2. The molecule has 23 heavy (non-hydrogen) atoms. The van der Waals surface area contributed by atoms with Crippen molar-refractivity contribution < 1.29 is 19.4 Å². The summed E-state index contributed by atoms with van der Waals surface area (Å²) in [5, 5.41) is 8.64. The fraction of sp³-hybridized carbons (Fsp3) is 0.211. The van der Waals surface area contributed by atoms with Crippen molar-refractivity contribution >= 4 is 12.0 Å². The smallest absolute Gasteiger partial charge is 0.328 e. The van der Waals surface area contributed by atoms with Crippen molar-refractivity contribution in [1.82, 2.24) is 0 Å². The number of para-hydroxylation sites is 1. The Morgan fingerprint density at radius 2 is 1.70 bits per heavy atom. The van der Waals surface area contributed by atoms with Gasteiger partial charge in [0, 0.05) is 6.08 Å². The van der Waals surface area contributed by atoms with Crippen molar-refractivity contribution in [3.63, 3.8) is 0 Å². The highest BCUT2D eigenvalue weighted by molar-refractivity contribution is 5.85. The summed E-state index contributed by atoms with van der Waals surface area (Å²) >= 11 is 0. The number of hydrogen-bond acceptors (Lipinski definition) is 3. The van der Waals surface area contributed by atoms with Gasteiger partial charge in [0.2, 0.25) is 0 Å². The van der Waals surface area contributed by atoms with E-state index in [4.69, 9.17) is 14.6 Å². The zero-order valence-electron chi connectivity index (χ0n) is 13.3. The Balaban J connectivity index is 1.87. The second-order valence-electron chi connectivity index (χ2n) is 5.16. The summed E-state index contributed by atoms with van der Waals surface area (Å²) in [7, 11) is 0. The van der Waals surface area contributed by atoms with E-state index in [0.717, 1.165) is 28.5 Å². The van der Waals surface area contributed by atoms with Crippen LogP contribution in [0.4, 0.5) is 0 Å². The lowest BCUT2D eigenvalue weighted by Gasteiger charge is -2.12. The minimum Gasteiger partial charge on any atom is -0.490 e. The van der Waals surface area contributed by atoms with E-state index in [1.54, 1.807) is 6.07 Å². The van der Waals surface area contributed by atoms with Gasteiger partial charge in [-0.1, -0.05) is 30.3 Å². The Morgan fingerprint density at radius 3 is 2.39 bits per heavy atom. The Morgan fingerprint density at radius 1 is 1.04 bits per heavy atom. The average Bonchev–Trinajstić information content (AvgIpc) is 2.52. The molecule has 0 amide bonds. The van der Waals surface area contributed by atoms with Crippen molar-refractivity contribution in [2.45, 2.75) is 13.8 Å². The van der Waals surface area contributed by atoms with Crippen LogP contribution in [0.15, 0.2) is 48.5 Å². The topological polar surface area (TPSA) is 55.8 Å². The maximum Gasteiger partial charge on any atom is 0.328 e. The van der Waals surface area contributed by atoms with Gasteiger partial charge >= 0.3 is 5.97 Å². The lowest BCUT2D eigenvalue weighted by atomic mass is 10.1. The van der Waals surface area contributed by atoms with E-state index in [1.807, 2.05) is 50.2 Å². The second kappa shape index (κ2) is 8.03. The molecule has 2 aromatic rings. The highest BCUT2D eigenvalue weighted by Crippen LogP contribution is 2.22. The molecule has 0 radical (unpaired) electrons. The van der Waals surface area contributed by atoms with E-state index in [9.17, 15) is 4.79 Å². The molecule has 0 saturated carbocycles. The molecule has 2 rings (SSSR count). The minimum absolute atomic E-state index is 0.417. The maximum atomic E-state index is 10.5. The third-order valence-corrected chi connectivity index (χ3v) is 3.28. The van der Waals surface area contributed by atoms with Crippen LogP contribution in [0, 0.1) is 13.8 Å². The highest BCUT2D eigenvalue weighted by Gasteiger charge is 2.03. The molecule has 120 valence electrons. The van der Waals surface area contributed by atoms with E-state index < -0.39 is 5.97 Å². The van der Waals surface area contributed by atoms with Crippen LogP contribution in [0.2, 0.25) is 0 Å². The summed E-state index contributed by atoms with van der Waals surface area (Å²) in [6, 6.07) is 13.3. The van der Waals surface area contributed by atoms with Gasteiger partial charge in [-0.3, -0.25) is 0 Å². The number of ether oxygens (including phenoxy) is 2. The molecule has 0 heterocycles. The molecule has 0 spiro atoms. The van der Waals surface area contributed by atoms with Crippen molar-refractivity contribution in [2.24, 2.45) is 0 Å². The molecule has 0 aliphatic carbocycles. The first-order valence-corrected chi connectivity index (χ1v) is 7.39. The van der Waals surface area contributed by atoms with Gasteiger partial charge < -0.3 is 14.6 Å². The first-order valence-electron chi connectivity index (χ1n) is 7.39. The standard InChI is InChI=1S/C19H20O4/c1-14-5-3-6-15(2)19(14)23-12-11-22-17-8-4-7-16(13-17)9-10-18(20)21/h3-10,13H,11-12H2,1-2H3,(H,20,21). The lowest BCUT2D eigenvalue weighted by Crippen LogP contribution is -2.10. The van der Waals surface area contributed by atoms with Gasteiger partial charge in [-0.15, -0.1) is 0 Å². The average molecular weight is 312 g/mol. The van der Waals surface area contributed by atoms with E-state index in [2.05, 4.69) is 0 Å². The molecular formula is C19H20O4. The van der Waals surface area contributed by atoms with Crippen molar-refractivity contribution in [3.05, 3.63) is 65.2 Å². The first kappa shape index (κ1) is 16.6. The Labute approximate surface area is 136 Å². The Hall–Kier alpha value is -2.75. The van der Waals surface area contributed by atoms with E-state index in [0.29, 0.717) is 19.0 Å². The molecule has 0 aromatic heterocycles. The van der Waals surface area contributed by atoms with Crippen molar-refractivity contribution in [1.29, 1.82) is 0 Å². The van der Waals surface area contributed by atoms with Crippen LogP contribution in [0.5, 0.6) is 11.5 Å². The van der Waals surface area contributed by atoms with E-state index in [1.165, 1.54) is 6.08 Å². The zero-order valence-corrected chi connectivity index (χ0v) is 13.3. The summed E-state index contributed by atoms with van der Waals surface area (Å²) in [4.78, 5) is 10.5. The predicted octanol–water partition coefficient (Wildman–Crippen LogP) is 3.86. The molecule has 2 aromatic carbocycles. The van der Waals surface area contributed by atoms with Crippen LogP contribution in [-0.2, 0) is 4.79 Å². The van der Waals surface area contributed by atoms with Crippen molar-refractivity contribution in [2.75, 3.05) is 13.2 Å². The highest BCUT2D eigenvalue weighted by atomic mass is 16.5. The summed E-state index contributed by atoms with van der Waals surface area (Å²) in [5.41, 5.74) is 2.98. The number of hydrogen-bond donors (Lipinski definition) is 1. The SMILES string of the molecule is Cc1cccc(C)c1OCCOc1cccc(C=CC(=O)O)c1. The summed E-state index contributed by atoms with van der Waals surface area (Å²) in [6.07, 6.45) is 2.63. The molecule has 4 nitrogen and oxygen atoms in total. The van der Waals surface area contributed by atoms with Gasteiger partial charge in [-0.05, 0) is 48.7 Å². The molecule has 4 heteroatoms. The number of aliphatic carboxylic acids is 1. The van der Waals surface area contributed by atoms with Crippen LogP contribution in [0.1, 0.15) is 16.7 Å². The maximum absolute atomic E-state index is 10.5. The monoisotopic (exact) mass is 312 g/mol. The largest absolute Gasteiger partial charge is 0.490 e. The zero-order chi connectivity index (χ0) is 16.7. The molecule has 0 fully saturated rings. The van der Waals surface area contributed by atoms with E-state index in [-0.39, 0.29) is 0 Å². The fourth-order valence-electron chi connectivity index (χ4n) is 2.21. The Bertz CT molecular complexity index is 684. The van der Waals surface area contributed by atoms with Crippen LogP contribution in [0.3, 0.4) is 0 Å². The molecule has 0 atom stereocenters. The van der Waals surface area contributed by atoms with Gasteiger partial charge in [0.1, 0.15) is 24.7 Å². The summed E-state index contributed by atoms with van der Waals surface area (Å²) in [5.74, 6) is 0.607. The van der Waals surface area contributed by atoms with Crippen LogP contribution in [-0.4, -0.2) is 24.3 Å². The normalized spacial score (nSPS) is 10.7. The van der Waals surface area contributed by atoms with Crippen LogP contribution >= 0.6 is 0 Å². The molecule has 1 N–H and O–H groups in total. The minimum atomic E-state index is -0.974. The second-order valence-corrected chi connectivity index (χ2v) is 5.16. The molecular weight excluding hydrogens is 292 g/mol. The number of carboxylic acid groups (broad SMARTS) is 1. The van der Waals surface area contributed by atoms with Crippen LogP contribution < -0.4 is 9.47 Å². The van der Waals surface area contributed by atoms with E-state index >= 15 is 0 Å². The predicted molar refractivity (Wildman–Crippen MR) is 90.0 cm³/mol. The molecule has 0 bridgehead atoms. The third-order valence-electron chi connectivity index (χ3n) is 3.28. The van der Waals surface area contributed by atoms with Gasteiger partial charge in [0.05, 0.1) is 0 Å². The van der Waals surface area contributed by atoms with Gasteiger partial charge in [0.25, 0.3) is 0 Å². The number of carbonyl (C=O) groups is 1. The van der Waals surface area contributed by atoms with Gasteiger partial charge in [-0.25, -0.2) is 4.79 Å². The van der Waals surface area contributed by atoms with Gasteiger partial charge in [-0.2, -0.15) is 0 Å².